The van der Waals surface area contributed by atoms with Crippen LogP contribution in [0.1, 0.15) is 0 Å². The average molecular weight is 286 g/mol. The third kappa shape index (κ3) is 2.39. The molecule has 0 heterocycles. The van der Waals surface area contributed by atoms with E-state index in [1.807, 2.05) is 18.2 Å². The van der Waals surface area contributed by atoms with Gasteiger partial charge >= 0.3 is 0 Å². The van der Waals surface area contributed by atoms with Crippen LogP contribution in [0.3, 0.4) is 0 Å². The zero-order valence-electron chi connectivity index (χ0n) is 7.68. The lowest BCUT2D eigenvalue weighted by atomic mass is 10.1. The molecule has 0 unspecified atom stereocenters. The molecule has 0 radical (unpaired) electrons. The standard InChI is InChI=1S/C12H7BrClF/c13-12-7-9(14)3-6-11(12)8-1-4-10(15)5-2-8/h1-7H. The first-order chi connectivity index (χ1) is 7.16. The summed E-state index contributed by atoms with van der Waals surface area (Å²) in [6, 6.07) is 11.9. The third-order valence-corrected chi connectivity index (χ3v) is 2.98. The minimum Gasteiger partial charge on any atom is -0.207 e. The topological polar surface area (TPSA) is 0 Å². The fourth-order valence-corrected chi connectivity index (χ4v) is 2.26. The van der Waals surface area contributed by atoms with Gasteiger partial charge in [0, 0.05) is 9.50 Å². The molecule has 3 heteroatoms. The van der Waals surface area contributed by atoms with Crippen molar-refractivity contribution in [3.05, 3.63) is 57.8 Å². The molecule has 0 nitrogen and oxygen atoms in total. The molecule has 76 valence electrons. The van der Waals surface area contributed by atoms with Gasteiger partial charge in [-0.2, -0.15) is 0 Å². The van der Waals surface area contributed by atoms with Crippen molar-refractivity contribution >= 4 is 27.5 Å². The Morgan fingerprint density at radius 1 is 1.00 bits per heavy atom. The summed E-state index contributed by atoms with van der Waals surface area (Å²) in [5, 5.41) is 0.674. The summed E-state index contributed by atoms with van der Waals surface area (Å²) in [4.78, 5) is 0. The van der Waals surface area contributed by atoms with Gasteiger partial charge < -0.3 is 0 Å². The van der Waals surface area contributed by atoms with Crippen molar-refractivity contribution in [2.75, 3.05) is 0 Å². The summed E-state index contributed by atoms with van der Waals surface area (Å²) >= 11 is 9.26. The first-order valence-electron chi connectivity index (χ1n) is 4.38. The van der Waals surface area contributed by atoms with Crippen molar-refractivity contribution in [3.8, 4) is 11.1 Å². The lowest BCUT2D eigenvalue weighted by Gasteiger charge is -2.04. The number of halogens is 3. The van der Waals surface area contributed by atoms with Gasteiger partial charge in [-0.15, -0.1) is 0 Å². The van der Waals surface area contributed by atoms with Crippen molar-refractivity contribution in [3.63, 3.8) is 0 Å². The van der Waals surface area contributed by atoms with E-state index in [0.29, 0.717) is 5.02 Å². The number of rotatable bonds is 1. The van der Waals surface area contributed by atoms with E-state index in [0.717, 1.165) is 15.6 Å². The normalized spacial score (nSPS) is 10.3. The molecule has 2 aromatic carbocycles. The third-order valence-electron chi connectivity index (χ3n) is 2.09. The van der Waals surface area contributed by atoms with Crippen molar-refractivity contribution in [1.82, 2.24) is 0 Å². The second-order valence-electron chi connectivity index (χ2n) is 3.13. The largest absolute Gasteiger partial charge is 0.207 e. The van der Waals surface area contributed by atoms with E-state index in [1.54, 1.807) is 12.1 Å². The van der Waals surface area contributed by atoms with Crippen molar-refractivity contribution < 1.29 is 4.39 Å². The molecular weight excluding hydrogens is 278 g/mol. The highest BCUT2D eigenvalue weighted by Gasteiger charge is 2.03. The van der Waals surface area contributed by atoms with Crippen LogP contribution in [-0.4, -0.2) is 0 Å². The Kier molecular flexibility index (Phi) is 3.08. The molecule has 0 bridgehead atoms. The van der Waals surface area contributed by atoms with Gasteiger partial charge in [-0.25, -0.2) is 4.39 Å². The summed E-state index contributed by atoms with van der Waals surface area (Å²) in [5.41, 5.74) is 1.96. The van der Waals surface area contributed by atoms with Crippen LogP contribution >= 0.6 is 27.5 Å². The van der Waals surface area contributed by atoms with E-state index >= 15 is 0 Å². The first kappa shape index (κ1) is 10.7. The van der Waals surface area contributed by atoms with Gasteiger partial charge in [0.2, 0.25) is 0 Å². The Balaban J connectivity index is 2.49. The minimum absolute atomic E-state index is 0.233. The molecule has 0 saturated carbocycles. The predicted molar refractivity (Wildman–Crippen MR) is 64.5 cm³/mol. The highest BCUT2D eigenvalue weighted by molar-refractivity contribution is 9.10. The summed E-state index contributed by atoms with van der Waals surface area (Å²) < 4.78 is 13.6. The summed E-state index contributed by atoms with van der Waals surface area (Å²) in [7, 11) is 0. The number of hydrogen-bond donors (Lipinski definition) is 0. The molecule has 0 fully saturated rings. The quantitative estimate of drug-likeness (QED) is 0.698. The van der Waals surface area contributed by atoms with Gasteiger partial charge in [-0.1, -0.05) is 45.7 Å². The van der Waals surface area contributed by atoms with Gasteiger partial charge in [-0.3, -0.25) is 0 Å². The molecule has 15 heavy (non-hydrogen) atoms. The van der Waals surface area contributed by atoms with Gasteiger partial charge in [0.25, 0.3) is 0 Å². The number of benzene rings is 2. The van der Waals surface area contributed by atoms with Crippen LogP contribution in [0.5, 0.6) is 0 Å². The molecule has 2 rings (SSSR count). The van der Waals surface area contributed by atoms with Crippen molar-refractivity contribution in [2.45, 2.75) is 0 Å². The monoisotopic (exact) mass is 284 g/mol. The van der Waals surface area contributed by atoms with E-state index in [-0.39, 0.29) is 5.82 Å². The van der Waals surface area contributed by atoms with Crippen LogP contribution in [0.25, 0.3) is 11.1 Å². The molecule has 0 amide bonds. The zero-order valence-corrected chi connectivity index (χ0v) is 10.0. The predicted octanol–water partition coefficient (Wildman–Crippen LogP) is 4.91. The van der Waals surface area contributed by atoms with Crippen molar-refractivity contribution in [2.24, 2.45) is 0 Å². The van der Waals surface area contributed by atoms with E-state index < -0.39 is 0 Å². The Bertz CT molecular complexity index is 479. The van der Waals surface area contributed by atoms with Crippen molar-refractivity contribution in [1.29, 1.82) is 0 Å². The maximum absolute atomic E-state index is 12.7. The second-order valence-corrected chi connectivity index (χ2v) is 4.42. The molecule has 0 aliphatic carbocycles. The van der Waals surface area contributed by atoms with Gasteiger partial charge in [0.15, 0.2) is 0 Å². The number of hydrogen-bond acceptors (Lipinski definition) is 0. The maximum Gasteiger partial charge on any atom is 0.123 e. The van der Waals surface area contributed by atoms with Crippen LogP contribution < -0.4 is 0 Å². The first-order valence-corrected chi connectivity index (χ1v) is 5.55. The van der Waals surface area contributed by atoms with Crippen LogP contribution in [0.2, 0.25) is 5.02 Å². The van der Waals surface area contributed by atoms with Gasteiger partial charge in [0.1, 0.15) is 5.82 Å². The molecule has 0 saturated heterocycles. The molecule has 0 aliphatic heterocycles. The van der Waals surface area contributed by atoms with E-state index in [2.05, 4.69) is 15.9 Å². The molecule has 0 aromatic heterocycles. The van der Waals surface area contributed by atoms with E-state index in [1.165, 1.54) is 12.1 Å². The lowest BCUT2D eigenvalue weighted by molar-refractivity contribution is 0.628. The molecule has 0 atom stereocenters. The Labute approximate surface area is 101 Å². The van der Waals surface area contributed by atoms with Crippen LogP contribution in [0, 0.1) is 5.82 Å². The van der Waals surface area contributed by atoms with Gasteiger partial charge in [0.05, 0.1) is 0 Å². The average Bonchev–Trinajstić information content (AvgIpc) is 2.20. The Morgan fingerprint density at radius 3 is 2.27 bits per heavy atom. The smallest absolute Gasteiger partial charge is 0.123 e. The van der Waals surface area contributed by atoms with Crippen LogP contribution in [-0.2, 0) is 0 Å². The Morgan fingerprint density at radius 2 is 1.67 bits per heavy atom. The fraction of sp³-hybridized carbons (Fsp3) is 0. The lowest BCUT2D eigenvalue weighted by Crippen LogP contribution is -1.80. The van der Waals surface area contributed by atoms with Crippen LogP contribution in [0.4, 0.5) is 4.39 Å². The fourth-order valence-electron chi connectivity index (χ4n) is 1.35. The second kappa shape index (κ2) is 4.33. The minimum atomic E-state index is -0.233. The zero-order chi connectivity index (χ0) is 10.8. The molecule has 2 aromatic rings. The molecule has 0 aliphatic rings. The SMILES string of the molecule is Fc1ccc(-c2ccc(Cl)cc2Br)cc1. The highest BCUT2D eigenvalue weighted by Crippen LogP contribution is 2.30. The van der Waals surface area contributed by atoms with Crippen LogP contribution in [0.15, 0.2) is 46.9 Å². The summed E-state index contributed by atoms with van der Waals surface area (Å²) in [6.07, 6.45) is 0. The molecular formula is C12H7BrClF. The van der Waals surface area contributed by atoms with E-state index in [9.17, 15) is 4.39 Å². The van der Waals surface area contributed by atoms with Gasteiger partial charge in [-0.05, 0) is 35.4 Å². The maximum atomic E-state index is 12.7. The molecule has 0 N–H and O–H groups in total. The van der Waals surface area contributed by atoms with E-state index in [4.69, 9.17) is 11.6 Å². The highest BCUT2D eigenvalue weighted by atomic mass is 79.9. The molecule has 0 spiro atoms. The summed E-state index contributed by atoms with van der Waals surface area (Å²) in [6.45, 7) is 0. The Hall–Kier alpha value is -0.860. The summed E-state index contributed by atoms with van der Waals surface area (Å²) in [5.74, 6) is -0.233.